The first-order chi connectivity index (χ1) is 4.34. The van der Waals surface area contributed by atoms with Gasteiger partial charge in [0.05, 0.1) is 12.9 Å². The van der Waals surface area contributed by atoms with E-state index in [0.717, 1.165) is 12.0 Å². The molecule has 48 valence electrons. The molecule has 0 amide bonds. The number of hydrogen-bond donors (Lipinski definition) is 0. The van der Waals surface area contributed by atoms with Crippen LogP contribution in [0.25, 0.3) is 0 Å². The Morgan fingerprint density at radius 3 is 3.11 bits per heavy atom. The highest BCUT2D eigenvalue weighted by Crippen LogP contribution is 1.93. The maximum Gasteiger partial charge on any atom is 0.139 e. The fraction of sp³-hybridized carbons (Fsp3) is 0.333. The fourth-order valence-electron chi connectivity index (χ4n) is 0.658. The van der Waals surface area contributed by atoms with Gasteiger partial charge in [-0.3, -0.25) is 0 Å². The Morgan fingerprint density at radius 1 is 1.89 bits per heavy atom. The van der Waals surface area contributed by atoms with Crippen LogP contribution in [0.1, 0.15) is 5.69 Å². The van der Waals surface area contributed by atoms with Crippen molar-refractivity contribution in [3.8, 4) is 0 Å². The smallest absolute Gasteiger partial charge is 0.139 e. The SMILES string of the molecule is Cc1cncn1CC=O. The molecule has 0 unspecified atom stereocenters. The van der Waals surface area contributed by atoms with E-state index in [4.69, 9.17) is 0 Å². The zero-order valence-electron chi connectivity index (χ0n) is 5.24. The van der Waals surface area contributed by atoms with Gasteiger partial charge in [-0.05, 0) is 6.92 Å². The topological polar surface area (TPSA) is 34.9 Å². The molecule has 0 aliphatic carbocycles. The van der Waals surface area contributed by atoms with Crippen LogP contribution < -0.4 is 0 Å². The molecular formula is C6H8N2O. The van der Waals surface area contributed by atoms with Crippen molar-refractivity contribution in [1.29, 1.82) is 0 Å². The van der Waals surface area contributed by atoms with Crippen molar-refractivity contribution in [3.63, 3.8) is 0 Å². The fourth-order valence-corrected chi connectivity index (χ4v) is 0.658. The van der Waals surface area contributed by atoms with E-state index in [1.807, 2.05) is 6.92 Å². The minimum Gasteiger partial charge on any atom is -0.328 e. The molecule has 0 aromatic carbocycles. The van der Waals surface area contributed by atoms with Crippen LogP contribution >= 0.6 is 0 Å². The molecule has 0 fully saturated rings. The Morgan fingerprint density at radius 2 is 2.67 bits per heavy atom. The zero-order valence-corrected chi connectivity index (χ0v) is 5.24. The molecule has 0 aliphatic rings. The van der Waals surface area contributed by atoms with Crippen molar-refractivity contribution < 1.29 is 4.79 Å². The average Bonchev–Trinajstić information content (AvgIpc) is 2.18. The van der Waals surface area contributed by atoms with Crippen LogP contribution in [0.2, 0.25) is 0 Å². The van der Waals surface area contributed by atoms with E-state index >= 15 is 0 Å². The van der Waals surface area contributed by atoms with Gasteiger partial charge in [-0.25, -0.2) is 4.98 Å². The highest BCUT2D eigenvalue weighted by Gasteiger charge is 1.91. The van der Waals surface area contributed by atoms with Gasteiger partial charge in [0.15, 0.2) is 0 Å². The predicted molar refractivity (Wildman–Crippen MR) is 33.0 cm³/mol. The summed E-state index contributed by atoms with van der Waals surface area (Å²) in [4.78, 5) is 13.8. The zero-order chi connectivity index (χ0) is 6.69. The van der Waals surface area contributed by atoms with Gasteiger partial charge in [0.25, 0.3) is 0 Å². The van der Waals surface area contributed by atoms with Crippen molar-refractivity contribution in [1.82, 2.24) is 9.55 Å². The number of aldehydes is 1. The Balaban J connectivity index is 2.80. The predicted octanol–water partition coefficient (Wildman–Crippen LogP) is 0.390. The van der Waals surface area contributed by atoms with Gasteiger partial charge in [-0.1, -0.05) is 0 Å². The van der Waals surface area contributed by atoms with Gasteiger partial charge in [0.1, 0.15) is 6.29 Å². The number of carbonyl (C=O) groups excluding carboxylic acids is 1. The third-order valence-electron chi connectivity index (χ3n) is 1.19. The number of aromatic nitrogens is 2. The van der Waals surface area contributed by atoms with Crippen molar-refractivity contribution in [3.05, 3.63) is 18.2 Å². The number of carbonyl (C=O) groups is 1. The Kier molecular flexibility index (Phi) is 1.63. The molecule has 1 rings (SSSR count). The van der Waals surface area contributed by atoms with Crippen LogP contribution in [0.3, 0.4) is 0 Å². The lowest BCUT2D eigenvalue weighted by Crippen LogP contribution is -1.98. The molecule has 1 heterocycles. The molecule has 9 heavy (non-hydrogen) atoms. The molecule has 3 heteroatoms. The highest BCUT2D eigenvalue weighted by molar-refractivity contribution is 5.49. The summed E-state index contributed by atoms with van der Waals surface area (Å²) < 4.78 is 1.78. The molecule has 0 N–H and O–H groups in total. The molecule has 0 radical (unpaired) electrons. The van der Waals surface area contributed by atoms with Gasteiger partial charge in [0.2, 0.25) is 0 Å². The summed E-state index contributed by atoms with van der Waals surface area (Å²) in [7, 11) is 0. The quantitative estimate of drug-likeness (QED) is 0.534. The van der Waals surface area contributed by atoms with Gasteiger partial charge < -0.3 is 9.36 Å². The largest absolute Gasteiger partial charge is 0.328 e. The summed E-state index contributed by atoms with van der Waals surface area (Å²) in [6.45, 7) is 2.32. The van der Waals surface area contributed by atoms with E-state index in [0.29, 0.717) is 6.54 Å². The number of imidazole rings is 1. The third kappa shape index (κ3) is 1.16. The van der Waals surface area contributed by atoms with Crippen LogP contribution in [-0.4, -0.2) is 15.8 Å². The monoisotopic (exact) mass is 124 g/mol. The molecule has 0 spiro atoms. The van der Waals surface area contributed by atoms with E-state index < -0.39 is 0 Å². The molecule has 0 aliphatic heterocycles. The van der Waals surface area contributed by atoms with Gasteiger partial charge in [0, 0.05) is 11.9 Å². The van der Waals surface area contributed by atoms with Crippen molar-refractivity contribution in [2.24, 2.45) is 0 Å². The van der Waals surface area contributed by atoms with Crippen molar-refractivity contribution in [2.75, 3.05) is 0 Å². The van der Waals surface area contributed by atoms with E-state index in [1.165, 1.54) is 0 Å². The number of hydrogen-bond acceptors (Lipinski definition) is 2. The number of aryl methyl sites for hydroxylation is 1. The summed E-state index contributed by atoms with van der Waals surface area (Å²) in [5, 5.41) is 0. The van der Waals surface area contributed by atoms with Crippen molar-refractivity contribution in [2.45, 2.75) is 13.5 Å². The van der Waals surface area contributed by atoms with Crippen LogP contribution in [-0.2, 0) is 11.3 Å². The van der Waals surface area contributed by atoms with Gasteiger partial charge in [-0.15, -0.1) is 0 Å². The highest BCUT2D eigenvalue weighted by atomic mass is 16.1. The summed E-state index contributed by atoms with van der Waals surface area (Å²) >= 11 is 0. The molecule has 1 aromatic rings. The van der Waals surface area contributed by atoms with E-state index in [-0.39, 0.29) is 0 Å². The molecule has 0 saturated heterocycles. The minimum absolute atomic E-state index is 0.409. The Hall–Kier alpha value is -1.12. The number of nitrogens with zero attached hydrogens (tertiary/aromatic N) is 2. The normalized spacial score (nSPS) is 9.44. The summed E-state index contributed by atoms with van der Waals surface area (Å²) in [5.74, 6) is 0. The Bertz CT molecular complexity index is 205. The second-order valence-corrected chi connectivity index (χ2v) is 1.85. The van der Waals surface area contributed by atoms with E-state index in [2.05, 4.69) is 4.98 Å². The van der Waals surface area contributed by atoms with Crippen LogP contribution in [0.15, 0.2) is 12.5 Å². The summed E-state index contributed by atoms with van der Waals surface area (Å²) in [6.07, 6.45) is 4.22. The maximum absolute atomic E-state index is 9.98. The molecule has 0 atom stereocenters. The molecule has 0 saturated carbocycles. The van der Waals surface area contributed by atoms with Gasteiger partial charge >= 0.3 is 0 Å². The van der Waals surface area contributed by atoms with Crippen molar-refractivity contribution >= 4 is 6.29 Å². The minimum atomic E-state index is 0.409. The lowest BCUT2D eigenvalue weighted by Gasteiger charge is -1.94. The first-order valence-electron chi connectivity index (χ1n) is 2.75. The lowest BCUT2D eigenvalue weighted by atomic mass is 10.5. The molecule has 0 bridgehead atoms. The van der Waals surface area contributed by atoms with Crippen LogP contribution in [0.5, 0.6) is 0 Å². The first kappa shape index (κ1) is 6.01. The van der Waals surface area contributed by atoms with E-state index in [9.17, 15) is 4.79 Å². The van der Waals surface area contributed by atoms with Crippen LogP contribution in [0, 0.1) is 6.92 Å². The lowest BCUT2D eigenvalue weighted by molar-refractivity contribution is -0.108. The Labute approximate surface area is 53.3 Å². The first-order valence-corrected chi connectivity index (χ1v) is 2.75. The molecule has 3 nitrogen and oxygen atoms in total. The molecule has 1 aromatic heterocycles. The third-order valence-corrected chi connectivity index (χ3v) is 1.19. The summed E-state index contributed by atoms with van der Waals surface area (Å²) in [5.41, 5.74) is 1.02. The second kappa shape index (κ2) is 2.44. The molecular weight excluding hydrogens is 116 g/mol. The van der Waals surface area contributed by atoms with Gasteiger partial charge in [-0.2, -0.15) is 0 Å². The standard InChI is InChI=1S/C6H8N2O/c1-6-4-7-5-8(6)2-3-9/h3-5H,2H2,1H3. The second-order valence-electron chi connectivity index (χ2n) is 1.85. The van der Waals surface area contributed by atoms with Crippen LogP contribution in [0.4, 0.5) is 0 Å². The summed E-state index contributed by atoms with van der Waals surface area (Å²) in [6, 6.07) is 0. The van der Waals surface area contributed by atoms with E-state index in [1.54, 1.807) is 17.1 Å². The maximum atomic E-state index is 9.98. The number of rotatable bonds is 2. The average molecular weight is 124 g/mol.